The van der Waals surface area contributed by atoms with Crippen LogP contribution in [0.4, 0.5) is 0 Å². The van der Waals surface area contributed by atoms with Crippen molar-refractivity contribution in [3.05, 3.63) is 94.0 Å². The molecule has 31 heavy (non-hydrogen) atoms. The number of hydrogen-bond donors (Lipinski definition) is 2. The molecular formula is C23H21O7P. The summed E-state index contributed by atoms with van der Waals surface area (Å²) in [5, 5.41) is 9.69. The van der Waals surface area contributed by atoms with E-state index in [2.05, 4.69) is 0 Å². The highest BCUT2D eigenvalue weighted by Crippen LogP contribution is 2.46. The first-order valence-corrected chi connectivity index (χ1v) is 10.8. The van der Waals surface area contributed by atoms with Crippen molar-refractivity contribution in [2.24, 2.45) is 0 Å². The maximum Gasteiger partial charge on any atom is 0.584 e. The van der Waals surface area contributed by atoms with Crippen LogP contribution in [0.1, 0.15) is 43.0 Å². The van der Waals surface area contributed by atoms with Gasteiger partial charge in [-0.25, -0.2) is 9.36 Å². The van der Waals surface area contributed by atoms with Crippen molar-refractivity contribution in [3.63, 3.8) is 0 Å². The average molecular weight is 440 g/mol. The van der Waals surface area contributed by atoms with Crippen LogP contribution in [0.3, 0.4) is 0 Å². The van der Waals surface area contributed by atoms with Crippen LogP contribution in [0.15, 0.2) is 60.7 Å². The smallest absolute Gasteiger partial charge is 0.478 e. The van der Waals surface area contributed by atoms with Crippen molar-refractivity contribution in [1.82, 2.24) is 0 Å². The Morgan fingerprint density at radius 1 is 0.871 bits per heavy atom. The highest BCUT2D eigenvalue weighted by Gasteiger charge is 2.29. The number of hydrogen-bond acceptors (Lipinski definition) is 5. The summed E-state index contributed by atoms with van der Waals surface area (Å²) in [4.78, 5) is 34.9. The number of phosphoric ester groups is 1. The number of ketones is 1. The quantitative estimate of drug-likeness (QED) is 0.388. The molecule has 0 fully saturated rings. The largest absolute Gasteiger partial charge is 0.584 e. The van der Waals surface area contributed by atoms with Crippen LogP contribution in [0.5, 0.6) is 11.5 Å². The van der Waals surface area contributed by atoms with Crippen LogP contribution in [-0.4, -0.2) is 21.8 Å². The molecule has 3 rings (SSSR count). The highest BCUT2D eigenvalue weighted by atomic mass is 31.2. The lowest BCUT2D eigenvalue weighted by atomic mass is 9.94. The molecule has 0 radical (unpaired) electrons. The van der Waals surface area contributed by atoms with E-state index in [1.165, 1.54) is 19.1 Å². The summed E-state index contributed by atoms with van der Waals surface area (Å²) < 4.78 is 22.9. The second-order valence-electron chi connectivity index (χ2n) is 7.09. The zero-order chi connectivity index (χ0) is 22.8. The average Bonchev–Trinajstić information content (AvgIpc) is 2.67. The first-order valence-electron chi connectivity index (χ1n) is 9.34. The summed E-state index contributed by atoms with van der Waals surface area (Å²) in [6.07, 6.45) is 0. The molecule has 7 nitrogen and oxygen atoms in total. The molecule has 3 aromatic carbocycles. The number of carboxylic acids is 1. The lowest BCUT2D eigenvalue weighted by molar-refractivity contribution is 0.0691. The van der Waals surface area contributed by atoms with Gasteiger partial charge >= 0.3 is 13.8 Å². The van der Waals surface area contributed by atoms with Crippen molar-refractivity contribution in [2.45, 2.75) is 20.8 Å². The Labute approximate surface area is 179 Å². The maximum absolute atomic E-state index is 12.8. The van der Waals surface area contributed by atoms with Crippen molar-refractivity contribution < 1.29 is 33.2 Å². The number of carboxylic acid groups (broad SMARTS) is 1. The normalized spacial score (nSPS) is 12.6. The standard InChI is InChI=1S/C23H21O7P/c1-14-11-15(2)13-18(12-14)29-31(27,28)30-20-10-9-19(21(16(20)3)23(25)26)22(24)17-7-5-4-6-8-17/h4-13H,1-3H3,(H,25,26)(H,27,28). The van der Waals surface area contributed by atoms with E-state index in [1.807, 2.05) is 19.9 Å². The lowest BCUT2D eigenvalue weighted by Gasteiger charge is -2.18. The first kappa shape index (κ1) is 22.3. The van der Waals surface area contributed by atoms with Gasteiger partial charge in [0.15, 0.2) is 5.78 Å². The minimum atomic E-state index is -4.63. The van der Waals surface area contributed by atoms with E-state index in [0.717, 1.165) is 11.1 Å². The van der Waals surface area contributed by atoms with Crippen LogP contribution in [0, 0.1) is 20.8 Å². The molecule has 0 spiro atoms. The number of carbonyl (C=O) groups is 2. The Morgan fingerprint density at radius 2 is 1.48 bits per heavy atom. The van der Waals surface area contributed by atoms with Gasteiger partial charge < -0.3 is 14.2 Å². The van der Waals surface area contributed by atoms with Gasteiger partial charge in [-0.05, 0) is 56.2 Å². The molecule has 0 saturated heterocycles. The number of rotatable bonds is 7. The van der Waals surface area contributed by atoms with Crippen LogP contribution in [-0.2, 0) is 4.57 Å². The van der Waals surface area contributed by atoms with Crippen LogP contribution >= 0.6 is 7.82 Å². The fourth-order valence-electron chi connectivity index (χ4n) is 3.26. The molecule has 0 aliphatic rings. The molecule has 0 aromatic heterocycles. The minimum Gasteiger partial charge on any atom is -0.478 e. The molecule has 160 valence electrons. The number of carbonyl (C=O) groups excluding carboxylic acids is 1. The predicted molar refractivity (Wildman–Crippen MR) is 115 cm³/mol. The van der Waals surface area contributed by atoms with Gasteiger partial charge in [0.1, 0.15) is 11.5 Å². The topological polar surface area (TPSA) is 110 Å². The number of phosphoric acid groups is 1. The molecule has 0 amide bonds. The highest BCUT2D eigenvalue weighted by molar-refractivity contribution is 7.48. The van der Waals surface area contributed by atoms with Gasteiger partial charge in [-0.3, -0.25) is 9.69 Å². The van der Waals surface area contributed by atoms with E-state index in [9.17, 15) is 24.2 Å². The summed E-state index contributed by atoms with van der Waals surface area (Å²) in [7, 11) is -4.63. The van der Waals surface area contributed by atoms with E-state index in [0.29, 0.717) is 5.56 Å². The molecule has 0 heterocycles. The monoisotopic (exact) mass is 440 g/mol. The molecule has 3 aromatic rings. The molecule has 1 atom stereocenters. The van der Waals surface area contributed by atoms with E-state index in [1.54, 1.807) is 42.5 Å². The molecule has 0 aliphatic carbocycles. The van der Waals surface area contributed by atoms with Gasteiger partial charge in [0.05, 0.1) is 5.56 Å². The van der Waals surface area contributed by atoms with Gasteiger partial charge in [0.2, 0.25) is 0 Å². The minimum absolute atomic E-state index is 0.0348. The van der Waals surface area contributed by atoms with Gasteiger partial charge in [-0.1, -0.05) is 36.4 Å². The van der Waals surface area contributed by atoms with Crippen molar-refractivity contribution in [1.29, 1.82) is 0 Å². The van der Waals surface area contributed by atoms with Gasteiger partial charge in [-0.2, -0.15) is 0 Å². The Hall–Kier alpha value is -3.41. The van der Waals surface area contributed by atoms with E-state index in [-0.39, 0.29) is 28.2 Å². The van der Waals surface area contributed by atoms with Gasteiger partial charge in [-0.15, -0.1) is 0 Å². The van der Waals surface area contributed by atoms with Crippen molar-refractivity contribution >= 4 is 19.6 Å². The van der Waals surface area contributed by atoms with Crippen molar-refractivity contribution in [3.8, 4) is 11.5 Å². The number of aromatic carboxylic acids is 1. The third-order valence-corrected chi connectivity index (χ3v) is 5.41. The second-order valence-corrected chi connectivity index (χ2v) is 8.39. The molecule has 2 N–H and O–H groups in total. The molecule has 0 bridgehead atoms. The zero-order valence-electron chi connectivity index (χ0n) is 17.2. The van der Waals surface area contributed by atoms with Crippen LogP contribution in [0.25, 0.3) is 0 Å². The Balaban J connectivity index is 1.95. The SMILES string of the molecule is Cc1cc(C)cc(OP(=O)(O)Oc2ccc(C(=O)c3ccccc3)c(C(=O)O)c2C)c1. The predicted octanol–water partition coefficient (Wildman–Crippen LogP) is 5.10. The van der Waals surface area contributed by atoms with Crippen LogP contribution < -0.4 is 9.05 Å². The lowest BCUT2D eigenvalue weighted by Crippen LogP contribution is -2.13. The Bertz CT molecular complexity index is 1180. The van der Waals surface area contributed by atoms with Gasteiger partial charge in [0, 0.05) is 16.7 Å². The summed E-state index contributed by atoms with van der Waals surface area (Å²) >= 11 is 0. The van der Waals surface area contributed by atoms with E-state index in [4.69, 9.17) is 9.05 Å². The summed E-state index contributed by atoms with van der Waals surface area (Å²) in [5.41, 5.74) is 1.67. The second kappa shape index (κ2) is 8.76. The third kappa shape index (κ3) is 5.20. The summed E-state index contributed by atoms with van der Waals surface area (Å²) in [5.74, 6) is -1.86. The zero-order valence-corrected chi connectivity index (χ0v) is 18.1. The summed E-state index contributed by atoms with van der Waals surface area (Å²) in [6.45, 7) is 5.03. The molecule has 8 heteroatoms. The molecule has 0 aliphatic heterocycles. The summed E-state index contributed by atoms with van der Waals surface area (Å²) in [6, 6.07) is 15.8. The third-order valence-electron chi connectivity index (χ3n) is 4.54. The van der Waals surface area contributed by atoms with Crippen molar-refractivity contribution in [2.75, 3.05) is 0 Å². The van der Waals surface area contributed by atoms with E-state index < -0.39 is 19.6 Å². The Kier molecular flexibility index (Phi) is 6.29. The van der Waals surface area contributed by atoms with E-state index >= 15 is 0 Å². The fraction of sp³-hybridized carbons (Fsp3) is 0.130. The maximum atomic E-state index is 12.8. The number of benzene rings is 3. The van der Waals surface area contributed by atoms with Gasteiger partial charge in [0.25, 0.3) is 0 Å². The molecular weight excluding hydrogens is 419 g/mol. The molecule has 0 saturated carbocycles. The first-order chi connectivity index (χ1) is 14.6. The van der Waals surface area contributed by atoms with Crippen LogP contribution in [0.2, 0.25) is 0 Å². The molecule has 1 unspecified atom stereocenters. The Morgan fingerprint density at radius 3 is 2.06 bits per heavy atom. The fourth-order valence-corrected chi connectivity index (χ4v) is 4.12. The number of aryl methyl sites for hydroxylation is 2.